The van der Waals surface area contributed by atoms with Crippen molar-refractivity contribution in [1.29, 1.82) is 15.8 Å². The number of nitriles is 3. The number of hydrogen-bond acceptors (Lipinski definition) is 19. The molecule has 3 aliphatic heterocycles. The zero-order chi connectivity index (χ0) is 90.9. The minimum absolute atomic E-state index is 0.00149. The number of benzene rings is 6. The standard InChI is InChI=1S/C32H34FN5O5S.C31H31FN4O6S.C30H30FIN4O3S/c1-20-23(17-34)14-26(16-28(20)33)44(42,43)38-13-12-29(38)32(41)37(25-10-11-27(30(39)15-25)31(40)35-2)19-24-9-8-22(18-36-24)21-6-4-3-5-7-21;1-19-22(16-33)13-25(15-27(19)32)43(41,42)36-12-11-28(36)30(38)35(24-9-10-26(31(39)40)29(37)14-24)18-23-8-7-21(17-34-23)20-5-3-2-4-6-20;1-20-23(17-33)15-27(16-28(20)31)40(38,39)36-14-13-29(36)30(37)35(26-11-8-24(32)9-12-26)19-25-10-7-22(18-34-25)21-5-3-2-4-6-21/h8-11,14-16,18,21,29,39H,3-7,12-13,19H2,1-2H3,(H,35,40);7-10,13-15,17,20,28,37H,2-6,11-12,18H2,1H3,(H,39,40);7-12,15-16,18,21,29H,2-6,13-14,19H2,1H3/t29-;28-;29-/m111/s1. The number of halogens is 4. The van der Waals surface area contributed by atoms with Crippen LogP contribution in [0.1, 0.15) is 221 Å². The highest BCUT2D eigenvalue weighted by Crippen LogP contribution is 2.41. The number of hydrogen-bond donors (Lipinski definition) is 4. The Morgan fingerprint density at radius 3 is 0.992 bits per heavy atom. The smallest absolute Gasteiger partial charge is 0.339 e. The molecule has 127 heavy (non-hydrogen) atoms. The van der Waals surface area contributed by atoms with Crippen LogP contribution < -0.4 is 20.0 Å². The van der Waals surface area contributed by atoms with E-state index in [2.05, 4.69) is 48.9 Å². The number of carboxylic acid groups (broad SMARTS) is 1. The third-order valence-electron chi connectivity index (χ3n) is 24.9. The van der Waals surface area contributed by atoms with Crippen LogP contribution in [0.2, 0.25) is 0 Å². The number of aromatic hydroxyl groups is 2. The summed E-state index contributed by atoms with van der Waals surface area (Å²) in [5.74, 6) is -5.39. The third kappa shape index (κ3) is 20.5. The Hall–Kier alpha value is -11.6. The van der Waals surface area contributed by atoms with Crippen molar-refractivity contribution in [3.05, 3.63) is 251 Å². The zero-order valence-corrected chi connectivity index (χ0v) is 74.9. The molecular weight excluding hydrogens is 1800 g/mol. The molecule has 4 amide bonds. The van der Waals surface area contributed by atoms with Crippen LogP contribution in [0.25, 0.3) is 0 Å². The highest BCUT2D eigenvalue weighted by molar-refractivity contribution is 14.1. The van der Waals surface area contributed by atoms with E-state index in [1.165, 1.54) is 150 Å². The molecule has 3 saturated heterocycles. The monoisotopic (exact) mass is 1900 g/mol. The number of carboxylic acids is 1. The van der Waals surface area contributed by atoms with Crippen molar-refractivity contribution >= 4 is 99.3 Å². The summed E-state index contributed by atoms with van der Waals surface area (Å²) in [6.45, 7) is 4.44. The first-order chi connectivity index (χ1) is 60.7. The molecule has 662 valence electrons. The van der Waals surface area contributed by atoms with Crippen LogP contribution in [0.15, 0.2) is 167 Å². The third-order valence-corrected chi connectivity index (χ3v) is 31.2. The highest BCUT2D eigenvalue weighted by atomic mass is 127. The van der Waals surface area contributed by atoms with Gasteiger partial charge in [-0.1, -0.05) is 76.0 Å². The number of anilines is 3. The van der Waals surface area contributed by atoms with Crippen LogP contribution in [-0.2, 0) is 64.1 Å². The molecule has 6 fully saturated rings. The van der Waals surface area contributed by atoms with Crippen molar-refractivity contribution in [2.45, 2.75) is 207 Å². The summed E-state index contributed by atoms with van der Waals surface area (Å²) >= 11 is 2.19. The van der Waals surface area contributed by atoms with Crippen LogP contribution in [0.5, 0.6) is 11.5 Å². The summed E-state index contributed by atoms with van der Waals surface area (Å²) in [4.78, 5) is 82.4. The second-order valence-corrected chi connectivity index (χ2v) is 39.5. The van der Waals surface area contributed by atoms with Crippen LogP contribution in [0.3, 0.4) is 0 Å². The molecule has 0 spiro atoms. The van der Waals surface area contributed by atoms with E-state index in [4.69, 9.17) is 0 Å². The fourth-order valence-electron chi connectivity index (χ4n) is 16.9. The van der Waals surface area contributed by atoms with E-state index in [9.17, 15) is 93.5 Å². The van der Waals surface area contributed by atoms with E-state index in [1.807, 2.05) is 79.1 Å². The van der Waals surface area contributed by atoms with Gasteiger partial charge in [-0.15, -0.1) is 0 Å². The van der Waals surface area contributed by atoms with E-state index in [-0.39, 0.29) is 125 Å². The number of nitrogens with one attached hydrogen (secondary N) is 1. The molecular formula is C93H95F3IN13O14S3. The van der Waals surface area contributed by atoms with E-state index >= 15 is 0 Å². The lowest BCUT2D eigenvalue weighted by Gasteiger charge is -2.41. The van der Waals surface area contributed by atoms with Gasteiger partial charge in [0.15, 0.2) is 0 Å². The largest absolute Gasteiger partial charge is 0.507 e. The molecule has 3 atom stereocenters. The van der Waals surface area contributed by atoms with E-state index in [0.29, 0.717) is 46.9 Å². The summed E-state index contributed by atoms with van der Waals surface area (Å²) in [6.07, 6.45) is 23.9. The van der Waals surface area contributed by atoms with Gasteiger partial charge in [-0.25, -0.2) is 43.2 Å². The topological polar surface area (TPSA) is 390 Å². The second kappa shape index (κ2) is 40.2. The van der Waals surface area contributed by atoms with Crippen LogP contribution >= 0.6 is 22.6 Å². The summed E-state index contributed by atoms with van der Waals surface area (Å²) < 4.78 is 129. The van der Waals surface area contributed by atoms with E-state index in [1.54, 1.807) is 17.2 Å². The lowest BCUT2D eigenvalue weighted by atomic mass is 9.85. The molecule has 3 aromatic heterocycles. The van der Waals surface area contributed by atoms with Gasteiger partial charge in [-0.3, -0.25) is 34.1 Å². The van der Waals surface area contributed by atoms with Gasteiger partial charge in [0.1, 0.15) is 52.6 Å². The second-order valence-electron chi connectivity index (χ2n) is 32.6. The van der Waals surface area contributed by atoms with Crippen LogP contribution in [0, 0.1) is 75.8 Å². The van der Waals surface area contributed by atoms with Gasteiger partial charge in [0, 0.05) is 94.7 Å². The minimum Gasteiger partial charge on any atom is -0.507 e. The number of phenolic OH excluding ortho intramolecular Hbond substituents is 1. The Kier molecular flexibility index (Phi) is 29.5. The van der Waals surface area contributed by atoms with Crippen molar-refractivity contribution in [2.24, 2.45) is 0 Å². The molecule has 34 heteroatoms. The van der Waals surface area contributed by atoms with E-state index < -0.39 is 105 Å². The molecule has 0 unspecified atom stereocenters. The number of aromatic nitrogens is 3. The fraction of sp³-hybridized carbons (Fsp3) is 0.366. The Balaban J connectivity index is 0.000000163. The number of aromatic carboxylic acids is 1. The molecule has 27 nitrogen and oxygen atoms in total. The average molecular weight is 1900 g/mol. The number of rotatable bonds is 23. The van der Waals surface area contributed by atoms with Crippen molar-refractivity contribution in [3.63, 3.8) is 0 Å². The number of pyridine rings is 3. The number of carbonyl (C=O) groups excluding carboxylic acids is 4. The van der Waals surface area contributed by atoms with Gasteiger partial charge in [-0.05, 0) is 239 Å². The molecule has 15 rings (SSSR count). The first-order valence-corrected chi connectivity index (χ1v) is 47.5. The zero-order valence-electron chi connectivity index (χ0n) is 70.3. The van der Waals surface area contributed by atoms with Crippen molar-refractivity contribution in [3.8, 4) is 29.7 Å². The fourth-order valence-corrected chi connectivity index (χ4v) is 22.3. The maximum Gasteiger partial charge on any atom is 0.339 e. The van der Waals surface area contributed by atoms with Crippen molar-refractivity contribution < 1.29 is 77.7 Å². The molecule has 0 bridgehead atoms. The number of amides is 4. The number of carbonyl (C=O) groups is 5. The average Bonchev–Trinajstić information content (AvgIpc) is 0.757. The lowest BCUT2D eigenvalue weighted by molar-refractivity contribution is -0.125. The van der Waals surface area contributed by atoms with E-state index in [0.717, 1.165) is 89.7 Å². The Labute approximate surface area is 749 Å². The van der Waals surface area contributed by atoms with Gasteiger partial charge in [0.2, 0.25) is 47.8 Å². The van der Waals surface area contributed by atoms with Crippen molar-refractivity contribution in [1.82, 2.24) is 33.2 Å². The molecule has 3 saturated carbocycles. The summed E-state index contributed by atoms with van der Waals surface area (Å²) in [6, 6.07) is 35.2. The maximum absolute atomic E-state index is 14.5. The molecule has 6 aliphatic rings. The summed E-state index contributed by atoms with van der Waals surface area (Å²) in [5, 5.41) is 60.8. The van der Waals surface area contributed by atoms with Gasteiger partial charge in [0.05, 0.1) is 91.9 Å². The molecule has 4 N–H and O–H groups in total. The Morgan fingerprint density at radius 1 is 0.433 bits per heavy atom. The van der Waals surface area contributed by atoms with Gasteiger partial charge in [0.25, 0.3) is 5.91 Å². The molecule has 6 aromatic carbocycles. The molecule has 9 aromatic rings. The summed E-state index contributed by atoms with van der Waals surface area (Å²) in [7, 11) is -11.5. The summed E-state index contributed by atoms with van der Waals surface area (Å²) in [5.41, 5.74) is 5.82. The SMILES string of the molecule is CNC(=O)c1ccc(N(Cc2ccc(C3CCCCC3)cn2)C(=O)[C@H]2CCN2S(=O)(=O)c2cc(F)c(C)c(C#N)c2)cc1O.Cc1c(F)cc(S(=O)(=O)N2CC[C@@H]2C(=O)N(Cc2ccc(C3CCCCC3)cn2)c2ccc(C(=O)O)c(O)c2)cc1C#N.Cc1c(F)cc(S(=O)(=O)N2CC[C@@H]2C(=O)N(Cc2ccc(C3CCCCC3)cn2)c2ccc(I)cc2)cc1C#N. The predicted molar refractivity (Wildman–Crippen MR) is 474 cm³/mol. The predicted octanol–water partition coefficient (Wildman–Crippen LogP) is 15.4. The Morgan fingerprint density at radius 2 is 0.732 bits per heavy atom. The van der Waals surface area contributed by atoms with Crippen LogP contribution in [0.4, 0.5) is 30.2 Å². The van der Waals surface area contributed by atoms with Crippen molar-refractivity contribution in [2.75, 3.05) is 41.4 Å². The quantitative estimate of drug-likeness (QED) is 0.0432. The molecule has 6 heterocycles. The van der Waals surface area contributed by atoms with Gasteiger partial charge in [-0.2, -0.15) is 28.7 Å². The highest BCUT2D eigenvalue weighted by Gasteiger charge is 2.49. The molecule has 0 radical (unpaired) electrons. The first kappa shape index (κ1) is 93.1. The van der Waals surface area contributed by atoms with Gasteiger partial charge >= 0.3 is 5.97 Å². The van der Waals surface area contributed by atoms with Gasteiger partial charge < -0.3 is 35.3 Å². The normalized spacial score (nSPS) is 17.7. The van der Waals surface area contributed by atoms with Crippen LogP contribution in [-0.4, -0.2) is 143 Å². The number of phenols is 2. The molecule has 3 aliphatic carbocycles. The number of nitrogens with zero attached hydrogens (tertiary/aromatic N) is 12. The first-order valence-electron chi connectivity index (χ1n) is 42.1. The number of sulfonamides is 3. The lowest BCUT2D eigenvalue weighted by Crippen LogP contribution is -2.59. The maximum atomic E-state index is 14.5. The minimum atomic E-state index is -4.35. The Bertz CT molecular complexity index is 6180.